The van der Waals surface area contributed by atoms with Gasteiger partial charge in [-0.1, -0.05) is 72.3 Å². The second-order valence-corrected chi connectivity index (χ2v) is 8.54. The van der Waals surface area contributed by atoms with Crippen LogP contribution in [0.4, 0.5) is 5.82 Å². The average molecular weight is 432 g/mol. The number of anilines is 1. The number of benzene rings is 3. The quantitative estimate of drug-likeness (QED) is 0.435. The molecular weight excluding hydrogens is 414 g/mol. The molecule has 5 rings (SSSR count). The molecule has 3 aromatic carbocycles. The molecule has 0 bridgehead atoms. The summed E-state index contributed by atoms with van der Waals surface area (Å²) in [4.78, 5) is 12.6. The van der Waals surface area contributed by atoms with Crippen molar-refractivity contribution in [2.24, 2.45) is 0 Å². The predicted octanol–water partition coefficient (Wildman–Crippen LogP) is 5.97. The van der Waals surface area contributed by atoms with Crippen LogP contribution in [0.5, 0.6) is 0 Å². The lowest BCUT2D eigenvalue weighted by Gasteiger charge is -2.16. The van der Waals surface area contributed by atoms with E-state index in [-0.39, 0.29) is 11.2 Å². The van der Waals surface area contributed by atoms with Gasteiger partial charge in [-0.3, -0.25) is 4.79 Å². The molecule has 1 amide bonds. The lowest BCUT2D eigenvalue weighted by Crippen LogP contribution is -2.15. The van der Waals surface area contributed by atoms with E-state index in [2.05, 4.69) is 5.32 Å². The molecule has 0 radical (unpaired) electrons. The zero-order chi connectivity index (χ0) is 20.5. The molecule has 0 spiro atoms. The molecule has 30 heavy (non-hydrogen) atoms. The van der Waals surface area contributed by atoms with Gasteiger partial charge in [-0.25, -0.2) is 4.68 Å². The zero-order valence-corrected chi connectivity index (χ0v) is 17.5. The fourth-order valence-corrected chi connectivity index (χ4v) is 4.93. The van der Waals surface area contributed by atoms with E-state index in [4.69, 9.17) is 16.7 Å². The van der Waals surface area contributed by atoms with Crippen molar-refractivity contribution < 1.29 is 4.79 Å². The Kier molecular flexibility index (Phi) is 5.07. The van der Waals surface area contributed by atoms with Crippen molar-refractivity contribution in [1.82, 2.24) is 9.78 Å². The van der Waals surface area contributed by atoms with Crippen molar-refractivity contribution in [1.29, 1.82) is 0 Å². The molecule has 4 aromatic rings. The molecule has 1 atom stereocenters. The lowest BCUT2D eigenvalue weighted by molar-refractivity contribution is -0.113. The van der Waals surface area contributed by atoms with Gasteiger partial charge in [-0.05, 0) is 29.8 Å². The Morgan fingerprint density at radius 3 is 2.30 bits per heavy atom. The fourth-order valence-electron chi connectivity index (χ4n) is 3.67. The van der Waals surface area contributed by atoms with E-state index in [0.717, 1.165) is 33.9 Å². The van der Waals surface area contributed by atoms with Crippen LogP contribution >= 0.6 is 23.4 Å². The lowest BCUT2D eigenvalue weighted by atomic mass is 10.00. The van der Waals surface area contributed by atoms with Crippen molar-refractivity contribution in [3.63, 3.8) is 0 Å². The number of halogens is 1. The van der Waals surface area contributed by atoms with Crippen LogP contribution < -0.4 is 5.32 Å². The molecule has 1 aliphatic rings. The minimum atomic E-state index is -0.0520. The Labute approximate surface area is 183 Å². The third-order valence-corrected chi connectivity index (χ3v) is 6.57. The van der Waals surface area contributed by atoms with Crippen LogP contribution in [-0.4, -0.2) is 21.4 Å². The molecule has 1 aliphatic heterocycles. The molecule has 148 valence electrons. The largest absolute Gasteiger partial charge is 0.310 e. The molecular formula is C24H18ClN3OS. The standard InChI is InChI=1S/C24H18ClN3OS/c25-18-13-11-17(12-14-18)23-21-22(16-7-3-1-4-8-16)27-28(19-9-5-2-6-10-19)24(21)26-20(29)15-30-23/h1-14,23H,15H2,(H,26,29). The molecule has 1 unspecified atom stereocenters. The number of hydrogen-bond donors (Lipinski definition) is 1. The van der Waals surface area contributed by atoms with Gasteiger partial charge in [0.25, 0.3) is 0 Å². The van der Waals surface area contributed by atoms with E-state index in [1.165, 1.54) is 0 Å². The van der Waals surface area contributed by atoms with Crippen LogP contribution in [0.15, 0.2) is 84.9 Å². The van der Waals surface area contributed by atoms with E-state index in [0.29, 0.717) is 10.8 Å². The molecule has 0 aliphatic carbocycles. The Balaban J connectivity index is 1.78. The van der Waals surface area contributed by atoms with Crippen molar-refractivity contribution in [2.75, 3.05) is 11.1 Å². The Bertz CT molecular complexity index is 1190. The number of thioether (sulfide) groups is 1. The maximum absolute atomic E-state index is 12.6. The molecule has 4 nitrogen and oxygen atoms in total. The Hall–Kier alpha value is -3.02. The number of nitrogens with one attached hydrogen (secondary N) is 1. The van der Waals surface area contributed by atoms with Gasteiger partial charge in [0.1, 0.15) is 5.82 Å². The SMILES string of the molecule is O=C1CSC(c2ccc(Cl)cc2)c2c(-c3ccccc3)nn(-c3ccccc3)c2N1. The van der Waals surface area contributed by atoms with Gasteiger partial charge < -0.3 is 5.32 Å². The van der Waals surface area contributed by atoms with E-state index in [1.807, 2.05) is 89.6 Å². The summed E-state index contributed by atoms with van der Waals surface area (Å²) in [6, 6.07) is 27.8. The highest BCUT2D eigenvalue weighted by Gasteiger charge is 2.32. The zero-order valence-electron chi connectivity index (χ0n) is 16.0. The third kappa shape index (κ3) is 3.51. The minimum absolute atomic E-state index is 0.0330. The smallest absolute Gasteiger partial charge is 0.235 e. The number of carbonyl (C=O) groups is 1. The summed E-state index contributed by atoms with van der Waals surface area (Å²) in [6.45, 7) is 0. The van der Waals surface area contributed by atoms with Crippen LogP contribution in [0.1, 0.15) is 16.4 Å². The average Bonchev–Trinajstić information content (AvgIpc) is 3.06. The van der Waals surface area contributed by atoms with Gasteiger partial charge in [0.15, 0.2) is 0 Å². The van der Waals surface area contributed by atoms with E-state index >= 15 is 0 Å². The first-order chi connectivity index (χ1) is 14.7. The summed E-state index contributed by atoms with van der Waals surface area (Å²) in [5.74, 6) is 1.05. The number of nitrogens with zero attached hydrogens (tertiary/aromatic N) is 2. The summed E-state index contributed by atoms with van der Waals surface area (Å²) in [5.41, 5.74) is 4.87. The number of carbonyl (C=O) groups excluding carboxylic acids is 1. The molecule has 0 saturated heterocycles. The van der Waals surface area contributed by atoms with E-state index in [1.54, 1.807) is 11.8 Å². The normalized spacial score (nSPS) is 15.9. The molecule has 2 heterocycles. The van der Waals surface area contributed by atoms with Gasteiger partial charge >= 0.3 is 0 Å². The number of fused-ring (bicyclic) bond motifs is 1. The van der Waals surface area contributed by atoms with Crippen molar-refractivity contribution in [2.45, 2.75) is 5.25 Å². The number of amides is 1. The van der Waals surface area contributed by atoms with Crippen molar-refractivity contribution >= 4 is 35.1 Å². The van der Waals surface area contributed by atoms with Gasteiger partial charge in [0.2, 0.25) is 5.91 Å². The number of rotatable bonds is 3. The highest BCUT2D eigenvalue weighted by atomic mass is 35.5. The molecule has 1 N–H and O–H groups in total. The third-order valence-electron chi connectivity index (χ3n) is 5.04. The maximum Gasteiger partial charge on any atom is 0.235 e. The predicted molar refractivity (Wildman–Crippen MR) is 123 cm³/mol. The number of hydrogen-bond acceptors (Lipinski definition) is 3. The summed E-state index contributed by atoms with van der Waals surface area (Å²) in [6.07, 6.45) is 0. The van der Waals surface area contributed by atoms with Crippen molar-refractivity contribution in [3.8, 4) is 16.9 Å². The van der Waals surface area contributed by atoms with Crippen LogP contribution in [0, 0.1) is 0 Å². The van der Waals surface area contributed by atoms with Gasteiger partial charge in [-0.15, -0.1) is 11.8 Å². The number of aromatic nitrogens is 2. The van der Waals surface area contributed by atoms with Gasteiger partial charge in [-0.2, -0.15) is 5.10 Å². The first-order valence-electron chi connectivity index (χ1n) is 9.61. The molecule has 1 aromatic heterocycles. The number of para-hydroxylation sites is 1. The van der Waals surface area contributed by atoms with E-state index in [9.17, 15) is 4.79 Å². The van der Waals surface area contributed by atoms with Crippen LogP contribution in [0.3, 0.4) is 0 Å². The molecule has 0 fully saturated rings. The highest BCUT2D eigenvalue weighted by molar-refractivity contribution is 8.00. The first kappa shape index (κ1) is 19.0. The van der Waals surface area contributed by atoms with Crippen molar-refractivity contribution in [3.05, 3.63) is 101 Å². The summed E-state index contributed by atoms with van der Waals surface area (Å²) >= 11 is 7.73. The molecule has 6 heteroatoms. The van der Waals surface area contributed by atoms with Crippen LogP contribution in [0.2, 0.25) is 5.02 Å². The van der Waals surface area contributed by atoms with E-state index < -0.39 is 0 Å². The Morgan fingerprint density at radius 2 is 1.60 bits per heavy atom. The maximum atomic E-state index is 12.6. The second-order valence-electron chi connectivity index (χ2n) is 7.02. The fraction of sp³-hybridized carbons (Fsp3) is 0.0833. The summed E-state index contributed by atoms with van der Waals surface area (Å²) in [7, 11) is 0. The summed E-state index contributed by atoms with van der Waals surface area (Å²) in [5, 5.41) is 8.71. The second kappa shape index (κ2) is 8.01. The monoisotopic (exact) mass is 431 g/mol. The highest BCUT2D eigenvalue weighted by Crippen LogP contribution is 2.46. The van der Waals surface area contributed by atoms with Crippen LogP contribution in [0.25, 0.3) is 16.9 Å². The van der Waals surface area contributed by atoms with Gasteiger partial charge in [0, 0.05) is 16.1 Å². The summed E-state index contributed by atoms with van der Waals surface area (Å²) < 4.78 is 1.84. The Morgan fingerprint density at radius 1 is 0.933 bits per heavy atom. The first-order valence-corrected chi connectivity index (χ1v) is 11.0. The van der Waals surface area contributed by atoms with Gasteiger partial charge in [0.05, 0.1) is 22.4 Å². The molecule has 0 saturated carbocycles. The minimum Gasteiger partial charge on any atom is -0.310 e. The topological polar surface area (TPSA) is 46.9 Å². The van der Waals surface area contributed by atoms with Crippen LogP contribution in [-0.2, 0) is 4.79 Å².